The van der Waals surface area contributed by atoms with Crippen molar-refractivity contribution in [3.8, 4) is 0 Å². The Hall–Kier alpha value is -0.860. The van der Waals surface area contributed by atoms with Crippen LogP contribution >= 0.6 is 0 Å². The summed E-state index contributed by atoms with van der Waals surface area (Å²) in [6, 6.07) is 0. The second kappa shape index (κ2) is 3.03. The molecule has 0 radical (unpaired) electrons. The van der Waals surface area contributed by atoms with Crippen molar-refractivity contribution in [2.24, 2.45) is 11.8 Å². The van der Waals surface area contributed by atoms with Gasteiger partial charge in [-0.1, -0.05) is 6.92 Å². The number of hydrogen-bond acceptors (Lipinski definition) is 2. The molecule has 0 spiro atoms. The number of rotatable bonds is 2. The standard InChI is InChI=1S/C8H12O3/c1-5(8(10)11)6-3-2-4-7(6)9/h5-6H,2-4H2,1H3,(H,10,11). The Balaban J connectivity index is 2.59. The average Bonchev–Trinajstić information content (AvgIpc) is 2.33. The van der Waals surface area contributed by atoms with Crippen LogP contribution < -0.4 is 0 Å². The average molecular weight is 156 g/mol. The molecule has 11 heavy (non-hydrogen) atoms. The lowest BCUT2D eigenvalue weighted by Gasteiger charge is -2.11. The normalized spacial score (nSPS) is 27.0. The summed E-state index contributed by atoms with van der Waals surface area (Å²) in [5.74, 6) is -1.44. The van der Waals surface area contributed by atoms with Gasteiger partial charge in [-0.25, -0.2) is 0 Å². The lowest BCUT2D eigenvalue weighted by molar-refractivity contribution is -0.145. The molecule has 1 aliphatic rings. The van der Waals surface area contributed by atoms with Crippen LogP contribution in [-0.2, 0) is 9.59 Å². The maximum absolute atomic E-state index is 11.1. The van der Waals surface area contributed by atoms with Gasteiger partial charge < -0.3 is 5.11 Å². The highest BCUT2D eigenvalue weighted by Crippen LogP contribution is 2.28. The third-order valence-electron chi connectivity index (χ3n) is 2.34. The Bertz CT molecular complexity index is 186. The summed E-state index contributed by atoms with van der Waals surface area (Å²) in [4.78, 5) is 21.5. The minimum Gasteiger partial charge on any atom is -0.481 e. The molecular weight excluding hydrogens is 144 g/mol. The molecular formula is C8H12O3. The minimum absolute atomic E-state index is 0.125. The molecule has 2 atom stereocenters. The first-order valence-electron chi connectivity index (χ1n) is 3.88. The van der Waals surface area contributed by atoms with Gasteiger partial charge in [0, 0.05) is 12.3 Å². The van der Waals surface area contributed by atoms with E-state index in [1.165, 1.54) is 0 Å². The molecule has 3 heteroatoms. The predicted octanol–water partition coefficient (Wildman–Crippen LogP) is 1.08. The number of hydrogen-bond donors (Lipinski definition) is 1. The van der Waals surface area contributed by atoms with Crippen LogP contribution in [0, 0.1) is 11.8 Å². The number of Topliss-reactive ketones (excluding diaryl/α,β-unsaturated/α-hetero) is 1. The molecule has 1 rings (SSSR count). The molecule has 62 valence electrons. The van der Waals surface area contributed by atoms with E-state index in [0.717, 1.165) is 12.8 Å². The van der Waals surface area contributed by atoms with Gasteiger partial charge in [-0.15, -0.1) is 0 Å². The molecule has 0 saturated heterocycles. The van der Waals surface area contributed by atoms with Crippen molar-refractivity contribution >= 4 is 11.8 Å². The van der Waals surface area contributed by atoms with Gasteiger partial charge in [-0.2, -0.15) is 0 Å². The number of carbonyl (C=O) groups is 2. The third-order valence-corrected chi connectivity index (χ3v) is 2.34. The minimum atomic E-state index is -0.856. The van der Waals surface area contributed by atoms with Crippen molar-refractivity contribution < 1.29 is 14.7 Å². The second-order valence-electron chi connectivity index (χ2n) is 3.09. The summed E-state index contributed by atoms with van der Waals surface area (Å²) in [7, 11) is 0. The number of carboxylic acids is 1. The molecule has 0 aromatic rings. The second-order valence-corrected chi connectivity index (χ2v) is 3.09. The van der Waals surface area contributed by atoms with Gasteiger partial charge in [-0.05, 0) is 12.8 Å². The first kappa shape index (κ1) is 8.24. The van der Waals surface area contributed by atoms with Crippen LogP contribution in [0.1, 0.15) is 26.2 Å². The van der Waals surface area contributed by atoms with Crippen molar-refractivity contribution in [1.29, 1.82) is 0 Å². The number of carboxylic acid groups (broad SMARTS) is 1. The van der Waals surface area contributed by atoms with E-state index in [0.29, 0.717) is 6.42 Å². The molecule has 0 bridgehead atoms. The molecule has 0 aliphatic heterocycles. The van der Waals surface area contributed by atoms with E-state index in [1.807, 2.05) is 0 Å². The zero-order chi connectivity index (χ0) is 8.43. The van der Waals surface area contributed by atoms with E-state index in [1.54, 1.807) is 6.92 Å². The van der Waals surface area contributed by atoms with Gasteiger partial charge in [0.2, 0.25) is 0 Å². The monoisotopic (exact) mass is 156 g/mol. The Labute approximate surface area is 65.4 Å². The highest BCUT2D eigenvalue weighted by molar-refractivity contribution is 5.87. The van der Waals surface area contributed by atoms with Crippen molar-refractivity contribution in [3.05, 3.63) is 0 Å². The maximum Gasteiger partial charge on any atom is 0.306 e. The molecule has 2 unspecified atom stereocenters. The quantitative estimate of drug-likeness (QED) is 0.650. The van der Waals surface area contributed by atoms with Crippen LogP contribution in [-0.4, -0.2) is 16.9 Å². The van der Waals surface area contributed by atoms with Crippen molar-refractivity contribution in [3.63, 3.8) is 0 Å². The molecule has 3 nitrogen and oxygen atoms in total. The zero-order valence-electron chi connectivity index (χ0n) is 6.54. The Morgan fingerprint density at radius 3 is 2.73 bits per heavy atom. The van der Waals surface area contributed by atoms with Crippen LogP contribution in [0.15, 0.2) is 0 Å². The molecule has 0 aromatic carbocycles. The molecule has 0 amide bonds. The number of carbonyl (C=O) groups excluding carboxylic acids is 1. The van der Waals surface area contributed by atoms with Crippen molar-refractivity contribution in [2.45, 2.75) is 26.2 Å². The van der Waals surface area contributed by atoms with E-state index in [2.05, 4.69) is 0 Å². The van der Waals surface area contributed by atoms with E-state index in [-0.39, 0.29) is 11.7 Å². The fourth-order valence-corrected chi connectivity index (χ4v) is 1.54. The van der Waals surface area contributed by atoms with E-state index >= 15 is 0 Å². The Morgan fingerprint density at radius 1 is 1.73 bits per heavy atom. The SMILES string of the molecule is CC(C(=O)O)C1CCCC1=O. The smallest absolute Gasteiger partial charge is 0.306 e. The Kier molecular flexibility index (Phi) is 2.27. The van der Waals surface area contributed by atoms with Crippen LogP contribution in [0.3, 0.4) is 0 Å². The van der Waals surface area contributed by atoms with Gasteiger partial charge in [0.1, 0.15) is 5.78 Å². The molecule has 1 aliphatic carbocycles. The summed E-state index contributed by atoms with van der Waals surface area (Å²) < 4.78 is 0. The van der Waals surface area contributed by atoms with Crippen LogP contribution in [0.4, 0.5) is 0 Å². The highest BCUT2D eigenvalue weighted by atomic mass is 16.4. The summed E-state index contributed by atoms with van der Waals surface area (Å²) >= 11 is 0. The van der Waals surface area contributed by atoms with Crippen molar-refractivity contribution in [1.82, 2.24) is 0 Å². The van der Waals surface area contributed by atoms with E-state index in [9.17, 15) is 9.59 Å². The number of aliphatic carboxylic acids is 1. The maximum atomic E-state index is 11.1. The summed E-state index contributed by atoms with van der Waals surface area (Å²) in [6.45, 7) is 1.61. The molecule has 1 saturated carbocycles. The van der Waals surface area contributed by atoms with Crippen LogP contribution in [0.25, 0.3) is 0 Å². The fourth-order valence-electron chi connectivity index (χ4n) is 1.54. The van der Waals surface area contributed by atoms with E-state index in [4.69, 9.17) is 5.11 Å². The van der Waals surface area contributed by atoms with Crippen LogP contribution in [0.5, 0.6) is 0 Å². The van der Waals surface area contributed by atoms with Gasteiger partial charge >= 0.3 is 5.97 Å². The lowest BCUT2D eigenvalue weighted by Crippen LogP contribution is -2.23. The first-order chi connectivity index (χ1) is 5.13. The van der Waals surface area contributed by atoms with Gasteiger partial charge in [-0.3, -0.25) is 9.59 Å². The van der Waals surface area contributed by atoms with Crippen LogP contribution in [0.2, 0.25) is 0 Å². The molecule has 0 heterocycles. The topological polar surface area (TPSA) is 54.4 Å². The summed E-state index contributed by atoms with van der Waals surface area (Å²) in [5.41, 5.74) is 0. The van der Waals surface area contributed by atoms with Crippen molar-refractivity contribution in [2.75, 3.05) is 0 Å². The summed E-state index contributed by atoms with van der Waals surface area (Å²) in [6.07, 6.45) is 2.19. The van der Waals surface area contributed by atoms with E-state index < -0.39 is 11.9 Å². The zero-order valence-corrected chi connectivity index (χ0v) is 6.54. The highest BCUT2D eigenvalue weighted by Gasteiger charge is 2.32. The molecule has 0 aromatic heterocycles. The number of ketones is 1. The molecule has 1 N–H and O–H groups in total. The fraction of sp³-hybridized carbons (Fsp3) is 0.750. The van der Waals surface area contributed by atoms with Gasteiger partial charge in [0.05, 0.1) is 5.92 Å². The predicted molar refractivity (Wildman–Crippen MR) is 39.1 cm³/mol. The third kappa shape index (κ3) is 1.59. The lowest BCUT2D eigenvalue weighted by atomic mass is 9.92. The largest absolute Gasteiger partial charge is 0.481 e. The van der Waals surface area contributed by atoms with Gasteiger partial charge in [0.15, 0.2) is 0 Å². The summed E-state index contributed by atoms with van der Waals surface area (Å²) in [5, 5.41) is 8.61. The first-order valence-corrected chi connectivity index (χ1v) is 3.88. The Morgan fingerprint density at radius 2 is 2.36 bits per heavy atom. The molecule has 1 fully saturated rings. The van der Waals surface area contributed by atoms with Gasteiger partial charge in [0.25, 0.3) is 0 Å².